The Kier molecular flexibility index (Phi) is 5.50. The first-order valence-corrected chi connectivity index (χ1v) is 9.44. The molecule has 0 bridgehead atoms. The standard InChI is InChI=1S/C20H24F3N3O2/c1-12-9-15-16(10-13(12)2)26(19(28)18(24-15)20(21,22)23)11-17(27)25(3)14-7-5-4-6-8-14/h9-10,14H,4-8,11H2,1-3H3. The number of amides is 1. The highest BCUT2D eigenvalue weighted by atomic mass is 19.4. The lowest BCUT2D eigenvalue weighted by Crippen LogP contribution is -2.42. The van der Waals surface area contributed by atoms with E-state index in [1.807, 2.05) is 0 Å². The number of fused-ring (bicyclic) bond motifs is 1. The number of aromatic nitrogens is 2. The highest BCUT2D eigenvalue weighted by molar-refractivity contribution is 5.81. The highest BCUT2D eigenvalue weighted by Crippen LogP contribution is 2.27. The van der Waals surface area contributed by atoms with E-state index in [1.54, 1.807) is 31.9 Å². The summed E-state index contributed by atoms with van der Waals surface area (Å²) in [6, 6.07) is 3.20. The molecule has 0 N–H and O–H groups in total. The van der Waals surface area contributed by atoms with E-state index in [-0.39, 0.29) is 23.0 Å². The van der Waals surface area contributed by atoms with Gasteiger partial charge in [0.05, 0.1) is 11.0 Å². The lowest BCUT2D eigenvalue weighted by atomic mass is 9.94. The van der Waals surface area contributed by atoms with Crippen molar-refractivity contribution in [1.29, 1.82) is 0 Å². The van der Waals surface area contributed by atoms with Gasteiger partial charge < -0.3 is 4.90 Å². The molecule has 0 unspecified atom stereocenters. The van der Waals surface area contributed by atoms with Gasteiger partial charge in [-0.05, 0) is 49.9 Å². The van der Waals surface area contributed by atoms with Crippen molar-refractivity contribution in [2.75, 3.05) is 7.05 Å². The van der Waals surface area contributed by atoms with Crippen molar-refractivity contribution in [2.24, 2.45) is 0 Å². The highest BCUT2D eigenvalue weighted by Gasteiger charge is 2.38. The Morgan fingerprint density at radius 2 is 1.79 bits per heavy atom. The van der Waals surface area contributed by atoms with E-state index in [0.29, 0.717) is 0 Å². The second kappa shape index (κ2) is 7.56. The first-order chi connectivity index (χ1) is 13.1. The topological polar surface area (TPSA) is 55.2 Å². The molecular weight excluding hydrogens is 371 g/mol. The Labute approximate surface area is 161 Å². The number of carbonyl (C=O) groups is 1. The maximum absolute atomic E-state index is 13.4. The molecular formula is C20H24F3N3O2. The molecule has 1 saturated carbocycles. The fourth-order valence-corrected chi connectivity index (χ4v) is 3.76. The summed E-state index contributed by atoms with van der Waals surface area (Å²) in [5.41, 5.74) is -0.890. The summed E-state index contributed by atoms with van der Waals surface area (Å²) in [7, 11) is 1.66. The molecule has 1 aromatic heterocycles. The number of aryl methyl sites for hydroxylation is 2. The molecule has 0 radical (unpaired) electrons. The first-order valence-electron chi connectivity index (χ1n) is 9.44. The van der Waals surface area contributed by atoms with Gasteiger partial charge in [-0.1, -0.05) is 19.3 Å². The van der Waals surface area contributed by atoms with E-state index in [2.05, 4.69) is 4.98 Å². The smallest absolute Gasteiger partial charge is 0.341 e. The lowest BCUT2D eigenvalue weighted by Gasteiger charge is -2.31. The van der Waals surface area contributed by atoms with Crippen molar-refractivity contribution in [3.63, 3.8) is 0 Å². The predicted molar refractivity (Wildman–Crippen MR) is 100 cm³/mol. The predicted octanol–water partition coefficient (Wildman–Crippen LogP) is 3.82. The molecule has 2 aromatic rings. The van der Waals surface area contributed by atoms with Crippen molar-refractivity contribution in [2.45, 2.75) is 64.7 Å². The van der Waals surface area contributed by atoms with E-state index in [1.165, 1.54) is 6.07 Å². The van der Waals surface area contributed by atoms with Crippen molar-refractivity contribution >= 4 is 16.9 Å². The Bertz CT molecular complexity index is 960. The largest absolute Gasteiger partial charge is 0.438 e. The van der Waals surface area contributed by atoms with Crippen molar-refractivity contribution in [1.82, 2.24) is 14.5 Å². The monoisotopic (exact) mass is 395 g/mol. The molecule has 1 fully saturated rings. The molecule has 0 spiro atoms. The third kappa shape index (κ3) is 3.91. The lowest BCUT2D eigenvalue weighted by molar-refractivity contribution is -0.143. The number of alkyl halides is 3. The van der Waals surface area contributed by atoms with Crippen molar-refractivity contribution in [3.05, 3.63) is 39.3 Å². The zero-order valence-corrected chi connectivity index (χ0v) is 16.3. The maximum atomic E-state index is 13.4. The van der Waals surface area contributed by atoms with Gasteiger partial charge in [0.2, 0.25) is 11.6 Å². The minimum Gasteiger partial charge on any atom is -0.341 e. The van der Waals surface area contributed by atoms with Crippen LogP contribution < -0.4 is 5.56 Å². The Morgan fingerprint density at radius 3 is 2.39 bits per heavy atom. The number of likely N-dealkylation sites (N-methyl/N-ethyl adjacent to an activating group) is 1. The Balaban J connectivity index is 2.07. The van der Waals surface area contributed by atoms with Crippen molar-refractivity contribution in [3.8, 4) is 0 Å². The summed E-state index contributed by atoms with van der Waals surface area (Å²) in [5.74, 6) is -0.368. The number of halogens is 3. The van der Waals surface area contributed by atoms with Crippen LogP contribution in [0.25, 0.3) is 11.0 Å². The van der Waals surface area contributed by atoms with Gasteiger partial charge in [0.25, 0.3) is 5.56 Å². The van der Waals surface area contributed by atoms with Crippen LogP contribution in [0.4, 0.5) is 13.2 Å². The van der Waals surface area contributed by atoms with Crippen LogP contribution >= 0.6 is 0 Å². The van der Waals surface area contributed by atoms with Crippen LogP contribution in [0.3, 0.4) is 0 Å². The van der Waals surface area contributed by atoms with Gasteiger partial charge >= 0.3 is 6.18 Å². The molecule has 152 valence electrons. The van der Waals surface area contributed by atoms with Crippen LogP contribution in [0.1, 0.15) is 48.9 Å². The van der Waals surface area contributed by atoms with E-state index >= 15 is 0 Å². The summed E-state index contributed by atoms with van der Waals surface area (Å²) >= 11 is 0. The number of nitrogens with zero attached hydrogens (tertiary/aromatic N) is 3. The van der Waals surface area contributed by atoms with Crippen LogP contribution in [-0.2, 0) is 17.5 Å². The minimum atomic E-state index is -4.88. The average molecular weight is 395 g/mol. The van der Waals surface area contributed by atoms with Crippen LogP contribution in [0.5, 0.6) is 0 Å². The van der Waals surface area contributed by atoms with Crippen LogP contribution in [-0.4, -0.2) is 33.4 Å². The van der Waals surface area contributed by atoms with Crippen molar-refractivity contribution < 1.29 is 18.0 Å². The van der Waals surface area contributed by atoms with E-state index in [9.17, 15) is 22.8 Å². The summed E-state index contributed by atoms with van der Waals surface area (Å²) in [6.45, 7) is 3.13. The van der Waals surface area contributed by atoms with Gasteiger partial charge in [-0.25, -0.2) is 4.98 Å². The number of rotatable bonds is 3. The Hall–Kier alpha value is -2.38. The fraction of sp³-hybridized carbons (Fsp3) is 0.550. The molecule has 5 nitrogen and oxygen atoms in total. The Morgan fingerprint density at radius 1 is 1.18 bits per heavy atom. The average Bonchev–Trinajstić information content (AvgIpc) is 2.64. The van der Waals surface area contributed by atoms with Gasteiger partial charge in [-0.3, -0.25) is 14.2 Å². The molecule has 0 saturated heterocycles. The van der Waals surface area contributed by atoms with Crippen LogP contribution in [0.15, 0.2) is 16.9 Å². The number of hydrogen-bond donors (Lipinski definition) is 0. The molecule has 1 heterocycles. The first kappa shape index (κ1) is 20.4. The SMILES string of the molecule is Cc1cc2nc(C(F)(F)F)c(=O)n(CC(=O)N(C)C3CCCCC3)c2cc1C. The number of hydrogen-bond acceptors (Lipinski definition) is 3. The molecule has 1 aromatic carbocycles. The molecule has 0 atom stereocenters. The summed E-state index contributed by atoms with van der Waals surface area (Å²) in [4.78, 5) is 30.5. The zero-order chi connectivity index (χ0) is 20.6. The van der Waals surface area contributed by atoms with E-state index in [0.717, 1.165) is 47.8 Å². The number of benzene rings is 1. The molecule has 0 aliphatic heterocycles. The third-order valence-corrected chi connectivity index (χ3v) is 5.64. The maximum Gasteiger partial charge on any atom is 0.438 e. The molecule has 1 aliphatic rings. The van der Waals surface area contributed by atoms with Crippen LogP contribution in [0, 0.1) is 13.8 Å². The molecule has 3 rings (SSSR count). The fourth-order valence-electron chi connectivity index (χ4n) is 3.76. The van der Waals surface area contributed by atoms with Gasteiger partial charge in [0.1, 0.15) is 6.54 Å². The van der Waals surface area contributed by atoms with Gasteiger partial charge in [0.15, 0.2) is 0 Å². The molecule has 28 heavy (non-hydrogen) atoms. The third-order valence-electron chi connectivity index (χ3n) is 5.64. The summed E-state index contributed by atoms with van der Waals surface area (Å²) < 4.78 is 41.0. The summed E-state index contributed by atoms with van der Waals surface area (Å²) in [6.07, 6.45) is 0.0413. The summed E-state index contributed by atoms with van der Waals surface area (Å²) in [5, 5.41) is 0. The van der Waals surface area contributed by atoms with E-state index in [4.69, 9.17) is 0 Å². The number of carbonyl (C=O) groups excluding carboxylic acids is 1. The molecule has 1 aliphatic carbocycles. The normalized spacial score (nSPS) is 15.8. The molecule has 8 heteroatoms. The van der Waals surface area contributed by atoms with Gasteiger partial charge in [-0.2, -0.15) is 13.2 Å². The van der Waals surface area contributed by atoms with Gasteiger partial charge in [0, 0.05) is 13.1 Å². The van der Waals surface area contributed by atoms with Gasteiger partial charge in [-0.15, -0.1) is 0 Å². The van der Waals surface area contributed by atoms with Crippen LogP contribution in [0.2, 0.25) is 0 Å². The quantitative estimate of drug-likeness (QED) is 0.794. The minimum absolute atomic E-state index is 0.0585. The zero-order valence-electron chi connectivity index (χ0n) is 16.3. The van der Waals surface area contributed by atoms with E-state index < -0.39 is 24.0 Å². The second-order valence-corrected chi connectivity index (χ2v) is 7.57. The second-order valence-electron chi connectivity index (χ2n) is 7.57. The molecule has 1 amide bonds.